The van der Waals surface area contributed by atoms with Crippen LogP contribution in [0.4, 0.5) is 11.4 Å². The van der Waals surface area contributed by atoms with Gasteiger partial charge in [0.15, 0.2) is 0 Å². The van der Waals surface area contributed by atoms with E-state index in [1.807, 2.05) is 79.7 Å². The molecule has 0 aliphatic heterocycles. The number of hydrogen-bond donors (Lipinski definition) is 2. The first-order valence-electron chi connectivity index (χ1n) is 9.86. The van der Waals surface area contributed by atoms with Crippen LogP contribution in [0.1, 0.15) is 16.2 Å². The van der Waals surface area contributed by atoms with Crippen molar-refractivity contribution < 1.29 is 9.53 Å². The molecule has 6 nitrogen and oxygen atoms in total. The van der Waals surface area contributed by atoms with Gasteiger partial charge in [0.1, 0.15) is 11.6 Å². The SMILES string of the molecule is COc1ccc(Nc2ccccc2C(=O)NCCn2c(C)nc3ccccc32)cc1. The van der Waals surface area contributed by atoms with Crippen LogP contribution >= 0.6 is 0 Å². The minimum Gasteiger partial charge on any atom is -0.497 e. The summed E-state index contributed by atoms with van der Waals surface area (Å²) in [6.45, 7) is 3.15. The predicted octanol–water partition coefficient (Wildman–Crippen LogP) is 4.53. The van der Waals surface area contributed by atoms with Crippen LogP contribution in [0.3, 0.4) is 0 Å². The Bertz CT molecular complexity index is 1170. The van der Waals surface area contributed by atoms with E-state index in [4.69, 9.17) is 4.74 Å². The largest absolute Gasteiger partial charge is 0.497 e. The van der Waals surface area contributed by atoms with Gasteiger partial charge in [0, 0.05) is 18.8 Å². The monoisotopic (exact) mass is 400 g/mol. The average molecular weight is 400 g/mol. The molecular formula is C24H24N4O2. The molecule has 4 rings (SSSR count). The van der Waals surface area contributed by atoms with Crippen LogP contribution in [0.5, 0.6) is 5.75 Å². The number of nitrogens with zero attached hydrogens (tertiary/aromatic N) is 2. The fraction of sp³-hybridized carbons (Fsp3) is 0.167. The lowest BCUT2D eigenvalue weighted by Crippen LogP contribution is -2.28. The Hall–Kier alpha value is -3.80. The zero-order valence-corrected chi connectivity index (χ0v) is 17.1. The lowest BCUT2D eigenvalue weighted by atomic mass is 10.1. The van der Waals surface area contributed by atoms with Gasteiger partial charge in [0.2, 0.25) is 0 Å². The number of rotatable bonds is 7. The summed E-state index contributed by atoms with van der Waals surface area (Å²) in [4.78, 5) is 17.4. The first-order valence-corrected chi connectivity index (χ1v) is 9.86. The fourth-order valence-corrected chi connectivity index (χ4v) is 3.47. The van der Waals surface area contributed by atoms with E-state index in [9.17, 15) is 4.79 Å². The highest BCUT2D eigenvalue weighted by atomic mass is 16.5. The van der Waals surface area contributed by atoms with Crippen molar-refractivity contribution in [2.24, 2.45) is 0 Å². The maximum Gasteiger partial charge on any atom is 0.253 e. The number of aromatic nitrogens is 2. The molecule has 0 atom stereocenters. The summed E-state index contributed by atoms with van der Waals surface area (Å²) in [5, 5.41) is 6.34. The molecule has 0 aliphatic carbocycles. The van der Waals surface area contributed by atoms with Crippen LogP contribution in [0.25, 0.3) is 11.0 Å². The van der Waals surface area contributed by atoms with E-state index in [2.05, 4.69) is 20.2 Å². The molecule has 0 bridgehead atoms. The van der Waals surface area contributed by atoms with Gasteiger partial charge in [-0.3, -0.25) is 4.79 Å². The number of ether oxygens (including phenoxy) is 1. The van der Waals surface area contributed by atoms with Crippen LogP contribution in [-0.2, 0) is 6.54 Å². The summed E-state index contributed by atoms with van der Waals surface area (Å²) < 4.78 is 7.32. The molecule has 6 heteroatoms. The van der Waals surface area contributed by atoms with Crippen molar-refractivity contribution in [1.29, 1.82) is 0 Å². The van der Waals surface area contributed by atoms with Crippen molar-refractivity contribution in [3.63, 3.8) is 0 Å². The predicted molar refractivity (Wildman–Crippen MR) is 120 cm³/mol. The number of anilines is 2. The zero-order chi connectivity index (χ0) is 20.9. The second-order valence-corrected chi connectivity index (χ2v) is 6.95. The first kappa shape index (κ1) is 19.5. The number of carbonyl (C=O) groups is 1. The first-order chi connectivity index (χ1) is 14.7. The average Bonchev–Trinajstić information content (AvgIpc) is 3.10. The van der Waals surface area contributed by atoms with Crippen molar-refractivity contribution in [3.8, 4) is 5.75 Å². The molecule has 0 saturated heterocycles. The highest BCUT2D eigenvalue weighted by Gasteiger charge is 2.12. The number of para-hydroxylation sites is 3. The minimum absolute atomic E-state index is 0.117. The van der Waals surface area contributed by atoms with E-state index in [0.29, 0.717) is 18.7 Å². The fourth-order valence-electron chi connectivity index (χ4n) is 3.47. The Labute approximate surface area is 175 Å². The molecule has 0 unspecified atom stereocenters. The van der Waals surface area contributed by atoms with Crippen LogP contribution < -0.4 is 15.4 Å². The Kier molecular flexibility index (Phi) is 5.66. The van der Waals surface area contributed by atoms with Crippen molar-refractivity contribution in [3.05, 3.63) is 84.2 Å². The normalized spacial score (nSPS) is 10.7. The number of hydrogen-bond acceptors (Lipinski definition) is 4. The Morgan fingerprint density at radius 2 is 1.73 bits per heavy atom. The summed E-state index contributed by atoms with van der Waals surface area (Å²) in [5.41, 5.74) is 4.28. The molecule has 152 valence electrons. The van der Waals surface area contributed by atoms with Crippen LogP contribution in [0.2, 0.25) is 0 Å². The molecule has 2 N–H and O–H groups in total. The number of amides is 1. The molecule has 0 radical (unpaired) electrons. The van der Waals surface area contributed by atoms with Gasteiger partial charge in [-0.1, -0.05) is 24.3 Å². The number of imidazole rings is 1. The summed E-state index contributed by atoms with van der Waals surface area (Å²) >= 11 is 0. The Morgan fingerprint density at radius 3 is 2.53 bits per heavy atom. The smallest absolute Gasteiger partial charge is 0.253 e. The maximum absolute atomic E-state index is 12.8. The number of methoxy groups -OCH3 is 1. The van der Waals surface area contributed by atoms with E-state index < -0.39 is 0 Å². The van der Waals surface area contributed by atoms with Crippen molar-refractivity contribution in [2.75, 3.05) is 19.0 Å². The molecule has 0 fully saturated rings. The molecule has 3 aromatic carbocycles. The Morgan fingerprint density at radius 1 is 1.00 bits per heavy atom. The van der Waals surface area contributed by atoms with E-state index in [0.717, 1.165) is 34.0 Å². The van der Waals surface area contributed by atoms with Crippen LogP contribution in [-0.4, -0.2) is 29.1 Å². The molecule has 0 saturated carbocycles. The second kappa shape index (κ2) is 8.69. The van der Waals surface area contributed by atoms with Gasteiger partial charge in [-0.15, -0.1) is 0 Å². The van der Waals surface area contributed by atoms with Gasteiger partial charge >= 0.3 is 0 Å². The lowest BCUT2D eigenvalue weighted by molar-refractivity contribution is 0.0953. The summed E-state index contributed by atoms with van der Waals surface area (Å²) in [5.74, 6) is 1.61. The summed E-state index contributed by atoms with van der Waals surface area (Å²) in [6, 6.07) is 23.1. The molecule has 0 aliphatic rings. The second-order valence-electron chi connectivity index (χ2n) is 6.95. The maximum atomic E-state index is 12.8. The third kappa shape index (κ3) is 4.12. The van der Waals surface area contributed by atoms with Crippen molar-refractivity contribution in [1.82, 2.24) is 14.9 Å². The summed E-state index contributed by atoms with van der Waals surface area (Å²) in [6.07, 6.45) is 0. The van der Waals surface area contributed by atoms with Crippen LogP contribution in [0, 0.1) is 6.92 Å². The minimum atomic E-state index is -0.117. The zero-order valence-electron chi connectivity index (χ0n) is 17.1. The molecule has 1 aromatic heterocycles. The van der Waals surface area contributed by atoms with E-state index in [1.54, 1.807) is 7.11 Å². The van der Waals surface area contributed by atoms with Crippen molar-refractivity contribution in [2.45, 2.75) is 13.5 Å². The summed E-state index contributed by atoms with van der Waals surface area (Å²) in [7, 11) is 1.64. The van der Waals surface area contributed by atoms with Gasteiger partial charge in [0.05, 0.1) is 29.4 Å². The molecule has 30 heavy (non-hydrogen) atoms. The van der Waals surface area contributed by atoms with Gasteiger partial charge in [-0.25, -0.2) is 4.98 Å². The number of fused-ring (bicyclic) bond motifs is 1. The molecular weight excluding hydrogens is 376 g/mol. The number of nitrogens with one attached hydrogen (secondary N) is 2. The standard InChI is InChI=1S/C24H24N4O2/c1-17-26-22-9-5-6-10-23(22)28(17)16-15-25-24(29)20-7-3-4-8-21(20)27-18-11-13-19(30-2)14-12-18/h3-14,27H,15-16H2,1-2H3,(H,25,29). The molecule has 4 aromatic rings. The molecule has 0 spiro atoms. The van der Waals surface area contributed by atoms with E-state index in [-0.39, 0.29) is 5.91 Å². The van der Waals surface area contributed by atoms with E-state index in [1.165, 1.54) is 0 Å². The van der Waals surface area contributed by atoms with Gasteiger partial charge in [0.25, 0.3) is 5.91 Å². The number of aryl methyl sites for hydroxylation is 1. The van der Waals surface area contributed by atoms with Gasteiger partial charge < -0.3 is 19.9 Å². The highest BCUT2D eigenvalue weighted by Crippen LogP contribution is 2.23. The topological polar surface area (TPSA) is 68.2 Å². The Balaban J connectivity index is 1.44. The van der Waals surface area contributed by atoms with Gasteiger partial charge in [-0.05, 0) is 55.5 Å². The van der Waals surface area contributed by atoms with E-state index >= 15 is 0 Å². The highest BCUT2D eigenvalue weighted by molar-refractivity contribution is 6.00. The quantitative estimate of drug-likeness (QED) is 0.478. The van der Waals surface area contributed by atoms with Crippen molar-refractivity contribution >= 4 is 28.3 Å². The lowest BCUT2D eigenvalue weighted by Gasteiger charge is -2.13. The number of carbonyl (C=O) groups excluding carboxylic acids is 1. The number of benzene rings is 3. The van der Waals surface area contributed by atoms with Gasteiger partial charge in [-0.2, -0.15) is 0 Å². The van der Waals surface area contributed by atoms with Crippen LogP contribution in [0.15, 0.2) is 72.8 Å². The third-order valence-electron chi connectivity index (χ3n) is 5.01. The molecule has 1 heterocycles. The molecule has 1 amide bonds. The third-order valence-corrected chi connectivity index (χ3v) is 5.01.